The summed E-state index contributed by atoms with van der Waals surface area (Å²) in [7, 11) is 0. The summed E-state index contributed by atoms with van der Waals surface area (Å²) in [5.74, 6) is 0.292. The van der Waals surface area contributed by atoms with Crippen LogP contribution in [0.25, 0.3) is 6.08 Å². The molecule has 7 heteroatoms. The standard InChI is InChI=1S/C23H20ClN3O3/c24-19-5-6-21(27-7-9-29-10-8-27)20(13-19)26-23(28)18(14-25)12-16-11-17-3-1-2-4-22(17)30-15-16/h1-6,11-13H,7-10,15H2,(H,26,28). The molecule has 0 atom stereocenters. The first-order chi connectivity index (χ1) is 14.6. The number of hydrogen-bond donors (Lipinski definition) is 1. The molecule has 2 aliphatic rings. The molecule has 4 rings (SSSR count). The average Bonchev–Trinajstić information content (AvgIpc) is 2.78. The lowest BCUT2D eigenvalue weighted by Crippen LogP contribution is -2.36. The zero-order valence-corrected chi connectivity index (χ0v) is 17.0. The second-order valence-corrected chi connectivity index (χ2v) is 7.37. The molecule has 0 bridgehead atoms. The Balaban J connectivity index is 1.57. The molecule has 30 heavy (non-hydrogen) atoms. The lowest BCUT2D eigenvalue weighted by atomic mass is 10.0. The van der Waals surface area contributed by atoms with Crippen LogP contribution in [0.15, 0.2) is 59.7 Å². The van der Waals surface area contributed by atoms with Crippen molar-refractivity contribution in [3.05, 3.63) is 70.3 Å². The van der Waals surface area contributed by atoms with Gasteiger partial charge in [0.05, 0.1) is 24.6 Å². The van der Waals surface area contributed by atoms with Crippen molar-refractivity contribution in [2.75, 3.05) is 43.1 Å². The summed E-state index contributed by atoms with van der Waals surface area (Å²) in [5, 5.41) is 12.9. The van der Waals surface area contributed by atoms with Gasteiger partial charge in [-0.3, -0.25) is 4.79 Å². The van der Waals surface area contributed by atoms with E-state index >= 15 is 0 Å². The smallest absolute Gasteiger partial charge is 0.266 e. The van der Waals surface area contributed by atoms with Crippen molar-refractivity contribution >= 4 is 35.0 Å². The maximum absolute atomic E-state index is 12.9. The van der Waals surface area contributed by atoms with E-state index in [0.29, 0.717) is 30.5 Å². The molecule has 0 saturated carbocycles. The number of morpholine rings is 1. The van der Waals surface area contributed by atoms with Crippen molar-refractivity contribution in [1.29, 1.82) is 5.26 Å². The number of nitriles is 1. The van der Waals surface area contributed by atoms with Gasteiger partial charge in [0.2, 0.25) is 0 Å². The van der Waals surface area contributed by atoms with Crippen molar-refractivity contribution in [1.82, 2.24) is 0 Å². The lowest BCUT2D eigenvalue weighted by Gasteiger charge is -2.30. The van der Waals surface area contributed by atoms with E-state index in [1.807, 2.05) is 42.5 Å². The molecule has 2 heterocycles. The summed E-state index contributed by atoms with van der Waals surface area (Å²) in [4.78, 5) is 15.0. The number of anilines is 2. The summed E-state index contributed by atoms with van der Waals surface area (Å²) in [6, 6.07) is 15.0. The van der Waals surface area contributed by atoms with Crippen LogP contribution >= 0.6 is 11.6 Å². The molecular formula is C23H20ClN3O3. The third-order valence-corrected chi connectivity index (χ3v) is 5.14. The topological polar surface area (TPSA) is 74.6 Å². The van der Waals surface area contributed by atoms with Gasteiger partial charge in [-0.05, 0) is 42.0 Å². The Bertz CT molecular complexity index is 1070. The van der Waals surface area contributed by atoms with E-state index in [0.717, 1.165) is 35.7 Å². The molecule has 1 N–H and O–H groups in total. The van der Waals surface area contributed by atoms with Crippen LogP contribution in [-0.4, -0.2) is 38.8 Å². The summed E-state index contributed by atoms with van der Waals surface area (Å²) in [5.41, 5.74) is 3.08. The van der Waals surface area contributed by atoms with Gasteiger partial charge in [-0.2, -0.15) is 5.26 Å². The summed E-state index contributed by atoms with van der Waals surface area (Å²) < 4.78 is 11.1. The van der Waals surface area contributed by atoms with Crippen LogP contribution in [0.2, 0.25) is 5.02 Å². The minimum Gasteiger partial charge on any atom is -0.488 e. The highest BCUT2D eigenvalue weighted by atomic mass is 35.5. The number of halogens is 1. The van der Waals surface area contributed by atoms with Gasteiger partial charge in [0.15, 0.2) is 0 Å². The van der Waals surface area contributed by atoms with Gasteiger partial charge in [0.25, 0.3) is 5.91 Å². The number of carbonyl (C=O) groups excluding carboxylic acids is 1. The highest BCUT2D eigenvalue weighted by Gasteiger charge is 2.19. The van der Waals surface area contributed by atoms with E-state index in [-0.39, 0.29) is 5.57 Å². The second-order valence-electron chi connectivity index (χ2n) is 6.93. The molecule has 1 saturated heterocycles. The number of nitrogens with one attached hydrogen (secondary N) is 1. The number of nitrogens with zero attached hydrogens (tertiary/aromatic N) is 2. The number of para-hydroxylation sites is 1. The quantitative estimate of drug-likeness (QED) is 0.595. The van der Waals surface area contributed by atoms with E-state index in [4.69, 9.17) is 21.1 Å². The van der Waals surface area contributed by atoms with Crippen LogP contribution in [0, 0.1) is 11.3 Å². The molecule has 152 valence electrons. The number of hydrogen-bond acceptors (Lipinski definition) is 5. The third kappa shape index (κ3) is 4.48. The van der Waals surface area contributed by atoms with Crippen molar-refractivity contribution < 1.29 is 14.3 Å². The van der Waals surface area contributed by atoms with Crippen LogP contribution in [0.1, 0.15) is 5.56 Å². The van der Waals surface area contributed by atoms with Crippen molar-refractivity contribution in [2.24, 2.45) is 0 Å². The average molecular weight is 422 g/mol. The molecule has 2 aliphatic heterocycles. The van der Waals surface area contributed by atoms with Gasteiger partial charge in [-0.25, -0.2) is 0 Å². The Kier molecular flexibility index (Phi) is 6.03. The molecular weight excluding hydrogens is 402 g/mol. The SMILES string of the molecule is N#CC(=CC1=Cc2ccccc2OC1)C(=O)Nc1cc(Cl)ccc1N1CCOCC1. The molecule has 0 aliphatic carbocycles. The Morgan fingerprint density at radius 3 is 2.80 bits per heavy atom. The van der Waals surface area contributed by atoms with Crippen LogP contribution in [0.3, 0.4) is 0 Å². The molecule has 2 aromatic rings. The molecule has 6 nitrogen and oxygen atoms in total. The zero-order chi connectivity index (χ0) is 20.9. The Morgan fingerprint density at radius 2 is 2.00 bits per heavy atom. The van der Waals surface area contributed by atoms with E-state index in [9.17, 15) is 10.1 Å². The predicted octanol–water partition coefficient (Wildman–Crippen LogP) is 4.04. The second kappa shape index (κ2) is 9.04. The van der Waals surface area contributed by atoms with Gasteiger partial charge in [0.1, 0.15) is 24.0 Å². The fraction of sp³-hybridized carbons (Fsp3) is 0.217. The molecule has 1 fully saturated rings. The van der Waals surface area contributed by atoms with Crippen molar-refractivity contribution in [2.45, 2.75) is 0 Å². The van der Waals surface area contributed by atoms with Crippen molar-refractivity contribution in [3.8, 4) is 11.8 Å². The number of benzene rings is 2. The predicted molar refractivity (Wildman–Crippen MR) is 117 cm³/mol. The number of fused-ring (bicyclic) bond motifs is 1. The molecule has 0 radical (unpaired) electrons. The maximum Gasteiger partial charge on any atom is 0.266 e. The minimum absolute atomic E-state index is 0.00265. The first-order valence-corrected chi connectivity index (χ1v) is 9.99. The number of amides is 1. The van der Waals surface area contributed by atoms with E-state index < -0.39 is 5.91 Å². The molecule has 0 unspecified atom stereocenters. The summed E-state index contributed by atoms with van der Waals surface area (Å²) in [6.07, 6.45) is 3.48. The highest BCUT2D eigenvalue weighted by Crippen LogP contribution is 2.31. The summed E-state index contributed by atoms with van der Waals surface area (Å²) >= 11 is 6.16. The van der Waals surface area contributed by atoms with Crippen LogP contribution in [-0.2, 0) is 9.53 Å². The Morgan fingerprint density at radius 1 is 1.20 bits per heavy atom. The first-order valence-electron chi connectivity index (χ1n) is 9.62. The van der Waals surface area contributed by atoms with Crippen LogP contribution in [0.4, 0.5) is 11.4 Å². The largest absolute Gasteiger partial charge is 0.488 e. The molecule has 0 spiro atoms. The van der Waals surface area contributed by atoms with Crippen LogP contribution < -0.4 is 15.0 Å². The van der Waals surface area contributed by atoms with E-state index in [1.165, 1.54) is 0 Å². The first kappa shape index (κ1) is 20.0. The van der Waals surface area contributed by atoms with Gasteiger partial charge in [0, 0.05) is 23.7 Å². The van der Waals surface area contributed by atoms with Crippen LogP contribution in [0.5, 0.6) is 5.75 Å². The monoisotopic (exact) mass is 421 g/mol. The molecule has 1 amide bonds. The van der Waals surface area contributed by atoms with Gasteiger partial charge < -0.3 is 19.7 Å². The zero-order valence-electron chi connectivity index (χ0n) is 16.2. The summed E-state index contributed by atoms with van der Waals surface area (Å²) in [6.45, 7) is 2.97. The van der Waals surface area contributed by atoms with E-state index in [2.05, 4.69) is 10.2 Å². The molecule has 0 aromatic heterocycles. The van der Waals surface area contributed by atoms with E-state index in [1.54, 1.807) is 18.2 Å². The number of rotatable bonds is 4. The fourth-order valence-electron chi connectivity index (χ4n) is 3.43. The lowest BCUT2D eigenvalue weighted by molar-refractivity contribution is -0.112. The maximum atomic E-state index is 12.9. The Labute approximate surface area is 180 Å². The highest BCUT2D eigenvalue weighted by molar-refractivity contribution is 6.31. The fourth-order valence-corrected chi connectivity index (χ4v) is 3.60. The Hall–Kier alpha value is -3.27. The number of carbonyl (C=O) groups is 1. The van der Waals surface area contributed by atoms with Gasteiger partial charge in [-0.15, -0.1) is 0 Å². The third-order valence-electron chi connectivity index (χ3n) is 4.91. The minimum atomic E-state index is -0.492. The van der Waals surface area contributed by atoms with Crippen molar-refractivity contribution in [3.63, 3.8) is 0 Å². The van der Waals surface area contributed by atoms with Gasteiger partial charge >= 0.3 is 0 Å². The molecule has 2 aromatic carbocycles. The van der Waals surface area contributed by atoms with Gasteiger partial charge in [-0.1, -0.05) is 29.8 Å². The normalized spacial score (nSPS) is 16.1. The number of ether oxygens (including phenoxy) is 2.